The van der Waals surface area contributed by atoms with E-state index < -0.39 is 42.8 Å². The number of aliphatic imine (C=N–C) groups is 1. The third-order valence-corrected chi connectivity index (χ3v) is 6.50. The van der Waals surface area contributed by atoms with E-state index in [1.54, 1.807) is 18.5 Å². The lowest BCUT2D eigenvalue weighted by Crippen LogP contribution is -2.41. The average Bonchev–Trinajstić information content (AvgIpc) is 3.41. The SMILES string of the molecule is CCOC(=O)C1=C(CN2CC(F)(F)C[C@H]2C#N)NC(c2nccs2)=NC1c1ccc(F)cc1Cl. The molecule has 0 radical (unpaired) electrons. The smallest absolute Gasteiger partial charge is 0.338 e. The van der Waals surface area contributed by atoms with Gasteiger partial charge in [-0.1, -0.05) is 17.7 Å². The predicted octanol–water partition coefficient (Wildman–Crippen LogP) is 4.08. The van der Waals surface area contributed by atoms with Crippen LogP contribution >= 0.6 is 22.9 Å². The molecule has 2 aliphatic heterocycles. The molecule has 7 nitrogen and oxygen atoms in total. The largest absolute Gasteiger partial charge is 0.463 e. The van der Waals surface area contributed by atoms with Gasteiger partial charge in [0.1, 0.15) is 17.9 Å². The molecule has 0 spiro atoms. The summed E-state index contributed by atoms with van der Waals surface area (Å²) in [5, 5.41) is 14.7. The molecular weight excluding hydrogens is 491 g/mol. The number of carbonyl (C=O) groups is 1. The number of nitriles is 1. The quantitative estimate of drug-likeness (QED) is 0.590. The van der Waals surface area contributed by atoms with E-state index in [-0.39, 0.29) is 29.4 Å². The molecule has 0 bridgehead atoms. The maximum absolute atomic E-state index is 14.1. The van der Waals surface area contributed by atoms with Crippen LogP contribution in [0.15, 0.2) is 46.0 Å². The number of alkyl halides is 2. The first-order chi connectivity index (χ1) is 16.2. The first-order valence-corrected chi connectivity index (χ1v) is 11.6. The van der Waals surface area contributed by atoms with E-state index in [4.69, 9.17) is 16.3 Å². The van der Waals surface area contributed by atoms with E-state index in [1.165, 1.54) is 28.4 Å². The molecule has 1 N–H and O–H groups in total. The van der Waals surface area contributed by atoms with Crippen molar-refractivity contribution in [3.8, 4) is 6.07 Å². The Bertz CT molecular complexity index is 1200. The topological polar surface area (TPSA) is 90.6 Å². The van der Waals surface area contributed by atoms with Gasteiger partial charge in [0.15, 0.2) is 10.8 Å². The molecule has 34 heavy (non-hydrogen) atoms. The highest BCUT2D eigenvalue weighted by atomic mass is 35.5. The lowest BCUT2D eigenvalue weighted by atomic mass is 9.95. The number of amidine groups is 1. The fraction of sp³-hybridized carbons (Fsp3) is 0.364. The van der Waals surface area contributed by atoms with Crippen molar-refractivity contribution in [2.75, 3.05) is 19.7 Å². The van der Waals surface area contributed by atoms with E-state index >= 15 is 0 Å². The van der Waals surface area contributed by atoms with Crippen LogP contribution in [-0.4, -0.2) is 53.3 Å². The maximum atomic E-state index is 14.1. The Labute approximate surface area is 202 Å². The fourth-order valence-electron chi connectivity index (χ4n) is 3.95. The molecule has 1 fully saturated rings. The van der Waals surface area contributed by atoms with Crippen molar-refractivity contribution in [1.82, 2.24) is 15.2 Å². The van der Waals surface area contributed by atoms with Gasteiger partial charge in [0, 0.05) is 40.8 Å². The number of thiazole rings is 1. The summed E-state index contributed by atoms with van der Waals surface area (Å²) in [7, 11) is 0. The minimum absolute atomic E-state index is 0.0397. The molecule has 1 aromatic heterocycles. The molecule has 0 amide bonds. The van der Waals surface area contributed by atoms with Crippen LogP contribution in [0.5, 0.6) is 0 Å². The normalized spacial score (nSPS) is 22.2. The zero-order chi connectivity index (χ0) is 24.5. The summed E-state index contributed by atoms with van der Waals surface area (Å²) in [5.41, 5.74) is 0.618. The molecule has 12 heteroatoms. The van der Waals surface area contributed by atoms with Gasteiger partial charge in [-0.3, -0.25) is 9.89 Å². The molecule has 2 aliphatic rings. The molecule has 3 heterocycles. The van der Waals surface area contributed by atoms with Gasteiger partial charge in [0.2, 0.25) is 0 Å². The van der Waals surface area contributed by atoms with Gasteiger partial charge in [0.05, 0.1) is 24.8 Å². The zero-order valence-corrected chi connectivity index (χ0v) is 19.5. The van der Waals surface area contributed by atoms with Crippen LogP contribution in [0, 0.1) is 17.1 Å². The van der Waals surface area contributed by atoms with Crippen LogP contribution in [0.4, 0.5) is 13.2 Å². The molecule has 1 aromatic carbocycles. The van der Waals surface area contributed by atoms with Crippen molar-refractivity contribution in [1.29, 1.82) is 5.26 Å². The van der Waals surface area contributed by atoms with Crippen molar-refractivity contribution >= 4 is 34.7 Å². The van der Waals surface area contributed by atoms with E-state index in [0.717, 1.165) is 6.07 Å². The van der Waals surface area contributed by atoms with Crippen LogP contribution < -0.4 is 5.32 Å². The second-order valence-corrected chi connectivity index (χ2v) is 9.03. The highest BCUT2D eigenvalue weighted by Crippen LogP contribution is 2.38. The third kappa shape index (κ3) is 4.94. The lowest BCUT2D eigenvalue weighted by molar-refractivity contribution is -0.139. The Morgan fingerprint density at radius 3 is 2.91 bits per heavy atom. The summed E-state index contributed by atoms with van der Waals surface area (Å²) in [6, 6.07) is 3.56. The second-order valence-electron chi connectivity index (χ2n) is 7.73. The Morgan fingerprint density at radius 1 is 1.47 bits per heavy atom. The van der Waals surface area contributed by atoms with Crippen LogP contribution in [0.3, 0.4) is 0 Å². The van der Waals surface area contributed by atoms with Crippen molar-refractivity contribution in [3.63, 3.8) is 0 Å². The third-order valence-electron chi connectivity index (χ3n) is 5.39. The predicted molar refractivity (Wildman–Crippen MR) is 120 cm³/mol. The molecule has 1 unspecified atom stereocenters. The standard InChI is InChI=1S/C22H19ClF3N5O2S/c1-2-33-21(32)17-16(10-31-11-22(25,26)8-13(31)9-27)29-19(20-28-5-6-34-20)30-18(17)14-4-3-12(24)7-15(14)23/h3-7,13,18H,2,8,10-11H2,1H3,(H,29,30)/t13-,18?/m0/s1. The molecule has 2 aromatic rings. The number of hydrogen-bond donors (Lipinski definition) is 1. The lowest BCUT2D eigenvalue weighted by Gasteiger charge is -2.30. The van der Waals surface area contributed by atoms with Gasteiger partial charge in [-0.15, -0.1) is 11.3 Å². The number of carbonyl (C=O) groups excluding carboxylic acids is 1. The van der Waals surface area contributed by atoms with Gasteiger partial charge in [-0.2, -0.15) is 5.26 Å². The van der Waals surface area contributed by atoms with Gasteiger partial charge in [-0.25, -0.2) is 22.9 Å². The number of esters is 1. The summed E-state index contributed by atoms with van der Waals surface area (Å²) in [5.74, 6) is -4.03. The molecule has 4 rings (SSSR count). The van der Waals surface area contributed by atoms with Crippen molar-refractivity contribution < 1.29 is 22.7 Å². The number of likely N-dealkylation sites (tertiary alicyclic amines) is 1. The number of hydrogen-bond acceptors (Lipinski definition) is 8. The number of halogens is 4. The summed E-state index contributed by atoms with van der Waals surface area (Å²) in [6.45, 7) is 0.885. The number of nitrogens with one attached hydrogen (secondary N) is 1. The molecule has 1 saturated heterocycles. The number of ether oxygens (including phenoxy) is 1. The van der Waals surface area contributed by atoms with Gasteiger partial charge in [-0.05, 0) is 19.1 Å². The van der Waals surface area contributed by atoms with Crippen LogP contribution in [0.2, 0.25) is 5.02 Å². The van der Waals surface area contributed by atoms with Crippen molar-refractivity contribution in [3.05, 3.63) is 62.5 Å². The molecule has 2 atom stereocenters. The maximum Gasteiger partial charge on any atom is 0.338 e. The van der Waals surface area contributed by atoms with E-state index in [0.29, 0.717) is 16.4 Å². The van der Waals surface area contributed by atoms with Crippen molar-refractivity contribution in [2.24, 2.45) is 4.99 Å². The molecular formula is C22H19ClF3N5O2S. The number of nitrogens with zero attached hydrogens (tertiary/aromatic N) is 4. The fourth-order valence-corrected chi connectivity index (χ4v) is 4.81. The van der Waals surface area contributed by atoms with Gasteiger partial charge in [0.25, 0.3) is 5.92 Å². The Morgan fingerprint density at radius 2 is 2.26 bits per heavy atom. The molecule has 0 aliphatic carbocycles. The van der Waals surface area contributed by atoms with Crippen LogP contribution in [0.25, 0.3) is 0 Å². The Kier molecular flexibility index (Phi) is 6.93. The summed E-state index contributed by atoms with van der Waals surface area (Å²) in [4.78, 5) is 23.2. The summed E-state index contributed by atoms with van der Waals surface area (Å²) in [6.07, 6.45) is 0.966. The monoisotopic (exact) mass is 509 g/mol. The molecule has 178 valence electrons. The van der Waals surface area contributed by atoms with E-state index in [1.807, 2.05) is 6.07 Å². The second kappa shape index (κ2) is 9.74. The van der Waals surface area contributed by atoms with Gasteiger partial charge >= 0.3 is 5.97 Å². The summed E-state index contributed by atoms with van der Waals surface area (Å²) >= 11 is 7.59. The number of rotatable bonds is 6. The van der Waals surface area contributed by atoms with Crippen molar-refractivity contribution in [2.45, 2.75) is 31.4 Å². The zero-order valence-electron chi connectivity index (χ0n) is 17.9. The number of aromatic nitrogens is 1. The summed E-state index contributed by atoms with van der Waals surface area (Å²) < 4.78 is 47.2. The van der Waals surface area contributed by atoms with E-state index in [9.17, 15) is 23.2 Å². The van der Waals surface area contributed by atoms with E-state index in [2.05, 4.69) is 15.3 Å². The first-order valence-electron chi connectivity index (χ1n) is 10.3. The molecule has 0 saturated carbocycles. The minimum atomic E-state index is -3.04. The van der Waals surface area contributed by atoms with Crippen LogP contribution in [-0.2, 0) is 9.53 Å². The average molecular weight is 510 g/mol. The minimum Gasteiger partial charge on any atom is -0.463 e. The highest BCUT2D eigenvalue weighted by molar-refractivity contribution is 7.11. The number of benzene rings is 1. The Balaban J connectivity index is 1.84. The van der Waals surface area contributed by atoms with Gasteiger partial charge < -0.3 is 10.1 Å². The highest BCUT2D eigenvalue weighted by Gasteiger charge is 2.46. The first kappa shape index (κ1) is 24.2. The Hall–Kier alpha value is -2.94. The van der Waals surface area contributed by atoms with Crippen LogP contribution in [0.1, 0.15) is 30.0 Å².